The molecule has 0 heterocycles. The molecule has 0 spiro atoms. The maximum Gasteiger partial charge on any atom is 0.343 e. The van der Waals surface area contributed by atoms with E-state index in [1.54, 1.807) is 42.5 Å². The number of fused-ring (bicyclic) bond motifs is 1. The van der Waals surface area contributed by atoms with Crippen molar-refractivity contribution in [3.8, 4) is 11.5 Å². The molecule has 0 aliphatic heterocycles. The third-order valence-electron chi connectivity index (χ3n) is 5.45. The largest absolute Gasteiger partial charge is 0.494 e. The molecule has 0 fully saturated rings. The topological polar surface area (TPSA) is 106 Å². The molecule has 0 bridgehead atoms. The first-order valence-electron chi connectivity index (χ1n) is 11.8. The van der Waals surface area contributed by atoms with Gasteiger partial charge in [0.05, 0.1) is 30.5 Å². The van der Waals surface area contributed by atoms with E-state index in [0.717, 1.165) is 14.3 Å². The van der Waals surface area contributed by atoms with Crippen LogP contribution in [0.25, 0.3) is 10.8 Å². The number of nitrogens with one attached hydrogen (secondary N) is 2. The fourth-order valence-electron chi connectivity index (χ4n) is 3.62. The van der Waals surface area contributed by atoms with E-state index >= 15 is 0 Å². The minimum absolute atomic E-state index is 0.254. The Bertz CT molecular complexity index is 1500. The molecule has 4 aromatic carbocycles. The minimum Gasteiger partial charge on any atom is -0.494 e. The first kappa shape index (κ1) is 26.8. The average Bonchev–Trinajstić information content (AvgIpc) is 2.93. The SMILES string of the molecule is CCOc1ccc(C(=O)Oc2ccc3ccccc3c2/C=N\NC(=O)CNC(=O)c2ccccc2I)cc1. The van der Waals surface area contributed by atoms with Gasteiger partial charge in [-0.3, -0.25) is 9.59 Å². The number of carbonyl (C=O) groups is 3. The van der Waals surface area contributed by atoms with Gasteiger partial charge in [0.15, 0.2) is 0 Å². The maximum atomic E-state index is 12.8. The van der Waals surface area contributed by atoms with Gasteiger partial charge in [-0.15, -0.1) is 0 Å². The number of nitrogens with zero attached hydrogens (tertiary/aromatic N) is 1. The molecule has 0 aliphatic carbocycles. The fourth-order valence-corrected chi connectivity index (χ4v) is 4.25. The van der Waals surface area contributed by atoms with Crippen LogP contribution in [0.4, 0.5) is 0 Å². The highest BCUT2D eigenvalue weighted by Gasteiger charge is 2.14. The molecule has 0 radical (unpaired) electrons. The van der Waals surface area contributed by atoms with Crippen molar-refractivity contribution < 1.29 is 23.9 Å². The van der Waals surface area contributed by atoms with Gasteiger partial charge in [-0.1, -0.05) is 42.5 Å². The van der Waals surface area contributed by atoms with Crippen molar-refractivity contribution >= 4 is 57.4 Å². The summed E-state index contributed by atoms with van der Waals surface area (Å²) in [6.07, 6.45) is 1.42. The lowest BCUT2D eigenvalue weighted by molar-refractivity contribution is -0.120. The average molecular weight is 621 g/mol. The van der Waals surface area contributed by atoms with Crippen LogP contribution in [0.2, 0.25) is 0 Å². The molecule has 4 aromatic rings. The third-order valence-corrected chi connectivity index (χ3v) is 6.39. The number of hydrogen-bond acceptors (Lipinski definition) is 6. The van der Waals surface area contributed by atoms with Gasteiger partial charge < -0.3 is 14.8 Å². The van der Waals surface area contributed by atoms with E-state index in [1.807, 2.05) is 49.4 Å². The second-order valence-electron chi connectivity index (χ2n) is 8.00. The molecular weight excluding hydrogens is 597 g/mol. The number of esters is 1. The molecule has 2 N–H and O–H groups in total. The molecule has 0 unspecified atom stereocenters. The summed E-state index contributed by atoms with van der Waals surface area (Å²) in [5.41, 5.74) is 3.77. The Balaban J connectivity index is 1.46. The number of halogens is 1. The molecule has 38 heavy (non-hydrogen) atoms. The molecule has 2 amide bonds. The lowest BCUT2D eigenvalue weighted by Crippen LogP contribution is -2.35. The second kappa shape index (κ2) is 12.8. The zero-order chi connectivity index (χ0) is 26.9. The number of rotatable bonds is 9. The van der Waals surface area contributed by atoms with Gasteiger partial charge in [-0.2, -0.15) is 5.10 Å². The molecule has 9 heteroatoms. The minimum atomic E-state index is -0.541. The normalized spacial score (nSPS) is 10.8. The molecule has 0 saturated carbocycles. The Labute approximate surface area is 233 Å². The predicted molar refractivity (Wildman–Crippen MR) is 154 cm³/mol. The Morgan fingerprint density at radius 2 is 1.66 bits per heavy atom. The highest BCUT2D eigenvalue weighted by molar-refractivity contribution is 14.1. The number of hydrazone groups is 1. The van der Waals surface area contributed by atoms with Gasteiger partial charge >= 0.3 is 5.97 Å². The molecule has 192 valence electrons. The smallest absolute Gasteiger partial charge is 0.343 e. The summed E-state index contributed by atoms with van der Waals surface area (Å²) in [4.78, 5) is 37.5. The van der Waals surface area contributed by atoms with E-state index in [1.165, 1.54) is 6.21 Å². The van der Waals surface area contributed by atoms with Crippen LogP contribution in [-0.2, 0) is 4.79 Å². The predicted octanol–water partition coefficient (Wildman–Crippen LogP) is 4.94. The van der Waals surface area contributed by atoms with Gasteiger partial charge in [-0.25, -0.2) is 10.2 Å². The number of benzene rings is 4. The summed E-state index contributed by atoms with van der Waals surface area (Å²) in [5, 5.41) is 8.32. The highest BCUT2D eigenvalue weighted by Crippen LogP contribution is 2.27. The molecule has 0 aromatic heterocycles. The van der Waals surface area contributed by atoms with Gasteiger partial charge in [0.1, 0.15) is 11.5 Å². The van der Waals surface area contributed by atoms with Crippen molar-refractivity contribution in [2.75, 3.05) is 13.2 Å². The van der Waals surface area contributed by atoms with Crippen LogP contribution < -0.4 is 20.2 Å². The van der Waals surface area contributed by atoms with Crippen molar-refractivity contribution in [3.05, 3.63) is 105 Å². The number of amides is 2. The Hall–Kier alpha value is -4.25. The van der Waals surface area contributed by atoms with Gasteiger partial charge in [0, 0.05) is 9.13 Å². The lowest BCUT2D eigenvalue weighted by atomic mass is 10.0. The molecule has 0 atom stereocenters. The lowest BCUT2D eigenvalue weighted by Gasteiger charge is -2.11. The zero-order valence-corrected chi connectivity index (χ0v) is 22.6. The van der Waals surface area contributed by atoms with Gasteiger partial charge in [0.2, 0.25) is 0 Å². The molecule has 4 rings (SSSR count). The molecular formula is C29H24IN3O5. The van der Waals surface area contributed by atoms with Crippen molar-refractivity contribution in [1.29, 1.82) is 0 Å². The van der Waals surface area contributed by atoms with Crippen LogP contribution in [0.1, 0.15) is 33.2 Å². The van der Waals surface area contributed by atoms with Crippen LogP contribution in [-0.4, -0.2) is 37.1 Å². The van der Waals surface area contributed by atoms with E-state index in [-0.39, 0.29) is 18.2 Å². The van der Waals surface area contributed by atoms with Gasteiger partial charge in [-0.05, 0) is 82.8 Å². The van der Waals surface area contributed by atoms with Crippen molar-refractivity contribution in [1.82, 2.24) is 10.7 Å². The number of ether oxygens (including phenoxy) is 2. The quantitative estimate of drug-likeness (QED) is 0.0906. The Kier molecular flexibility index (Phi) is 9.04. The van der Waals surface area contributed by atoms with E-state index in [4.69, 9.17) is 9.47 Å². The van der Waals surface area contributed by atoms with Crippen molar-refractivity contribution in [3.63, 3.8) is 0 Å². The summed E-state index contributed by atoms with van der Waals surface area (Å²) in [7, 11) is 0. The summed E-state index contributed by atoms with van der Waals surface area (Å²) in [6.45, 7) is 2.16. The van der Waals surface area contributed by atoms with Crippen molar-refractivity contribution in [2.24, 2.45) is 5.10 Å². The monoisotopic (exact) mass is 621 g/mol. The highest BCUT2D eigenvalue weighted by atomic mass is 127. The Morgan fingerprint density at radius 3 is 2.42 bits per heavy atom. The van der Waals surface area contributed by atoms with Crippen LogP contribution in [0, 0.1) is 3.57 Å². The number of carbonyl (C=O) groups excluding carboxylic acids is 3. The molecule has 0 saturated heterocycles. The first-order valence-corrected chi connectivity index (χ1v) is 12.9. The standard InChI is InChI=1S/C29H24IN3O5/c1-2-37-21-14-11-20(12-15-21)29(36)38-26-16-13-19-7-3-4-8-22(19)24(26)17-32-33-27(34)18-31-28(35)23-9-5-6-10-25(23)30/h3-17H,2,18H2,1H3,(H,31,35)(H,33,34)/b32-17-. The van der Waals surface area contributed by atoms with Crippen LogP contribution in [0.3, 0.4) is 0 Å². The molecule has 0 aliphatic rings. The summed E-state index contributed by atoms with van der Waals surface area (Å²) < 4.78 is 11.9. The van der Waals surface area contributed by atoms with E-state index in [2.05, 4.69) is 38.4 Å². The molecule has 8 nitrogen and oxygen atoms in total. The van der Waals surface area contributed by atoms with E-state index in [9.17, 15) is 14.4 Å². The summed E-state index contributed by atoms with van der Waals surface area (Å²) >= 11 is 2.06. The first-order chi connectivity index (χ1) is 18.5. The van der Waals surface area contributed by atoms with E-state index in [0.29, 0.717) is 29.0 Å². The second-order valence-corrected chi connectivity index (χ2v) is 9.16. The summed E-state index contributed by atoms with van der Waals surface area (Å²) in [6, 6.07) is 24.8. The fraction of sp³-hybridized carbons (Fsp3) is 0.103. The third kappa shape index (κ3) is 6.74. The van der Waals surface area contributed by atoms with Crippen molar-refractivity contribution in [2.45, 2.75) is 6.92 Å². The van der Waals surface area contributed by atoms with Crippen LogP contribution >= 0.6 is 22.6 Å². The Morgan fingerprint density at radius 1 is 0.921 bits per heavy atom. The van der Waals surface area contributed by atoms with Gasteiger partial charge in [0.25, 0.3) is 11.8 Å². The maximum absolute atomic E-state index is 12.8. The van der Waals surface area contributed by atoms with E-state index < -0.39 is 11.9 Å². The van der Waals surface area contributed by atoms with Crippen LogP contribution in [0.15, 0.2) is 90.0 Å². The zero-order valence-electron chi connectivity index (χ0n) is 20.4. The van der Waals surface area contributed by atoms with Crippen LogP contribution in [0.5, 0.6) is 11.5 Å². The summed E-state index contributed by atoms with van der Waals surface area (Å²) in [5.74, 6) is -0.457. The number of hydrogen-bond donors (Lipinski definition) is 2.